The molecule has 0 amide bonds. The number of aromatic hydroxyl groups is 1. The van der Waals surface area contributed by atoms with E-state index >= 15 is 0 Å². The highest BCUT2D eigenvalue weighted by atomic mass is 16.4. The van der Waals surface area contributed by atoms with Crippen molar-refractivity contribution in [2.75, 3.05) is 13.6 Å². The molecular weight excluding hydrogens is 224 g/mol. The Morgan fingerprint density at radius 2 is 2.18 bits per heavy atom. The van der Waals surface area contributed by atoms with Crippen molar-refractivity contribution in [3.63, 3.8) is 0 Å². The minimum absolute atomic E-state index is 0.0581. The molecule has 0 spiro atoms. The van der Waals surface area contributed by atoms with Gasteiger partial charge in [-0.25, -0.2) is 0 Å². The van der Waals surface area contributed by atoms with Crippen LogP contribution in [0, 0.1) is 0 Å². The predicted molar refractivity (Wildman–Crippen MR) is 61.9 cm³/mol. The third kappa shape index (κ3) is 3.92. The zero-order chi connectivity index (χ0) is 13.0. The Kier molecular flexibility index (Phi) is 4.28. The number of pyridine rings is 1. The number of rotatable bonds is 5. The van der Waals surface area contributed by atoms with Gasteiger partial charge in [0.05, 0.1) is 6.42 Å². The summed E-state index contributed by atoms with van der Waals surface area (Å²) in [7, 11) is 3.50. The smallest absolute Gasteiger partial charge is 0.304 e. The van der Waals surface area contributed by atoms with E-state index in [1.807, 2.05) is 0 Å². The summed E-state index contributed by atoms with van der Waals surface area (Å²) < 4.78 is 1.65. The minimum Gasteiger partial charge on any atom is -0.503 e. The summed E-state index contributed by atoms with van der Waals surface area (Å²) in [5.74, 6) is -1.14. The summed E-state index contributed by atoms with van der Waals surface area (Å²) in [6.45, 7) is 0.865. The highest BCUT2D eigenvalue weighted by Crippen LogP contribution is 2.05. The lowest BCUT2D eigenvalue weighted by Crippen LogP contribution is -2.24. The Morgan fingerprint density at radius 1 is 1.53 bits per heavy atom. The van der Waals surface area contributed by atoms with E-state index in [0.717, 1.165) is 5.69 Å². The summed E-state index contributed by atoms with van der Waals surface area (Å²) in [4.78, 5) is 23.5. The summed E-state index contributed by atoms with van der Waals surface area (Å²) >= 11 is 0. The van der Waals surface area contributed by atoms with Gasteiger partial charge in [-0.05, 0) is 7.05 Å². The van der Waals surface area contributed by atoms with Crippen LogP contribution in [0.1, 0.15) is 12.1 Å². The normalized spacial score (nSPS) is 10.8. The van der Waals surface area contributed by atoms with Crippen molar-refractivity contribution in [1.82, 2.24) is 9.47 Å². The molecule has 1 aromatic heterocycles. The van der Waals surface area contributed by atoms with Crippen LogP contribution < -0.4 is 5.43 Å². The van der Waals surface area contributed by atoms with E-state index in [-0.39, 0.29) is 12.2 Å². The maximum Gasteiger partial charge on any atom is 0.304 e. The largest absolute Gasteiger partial charge is 0.503 e. The molecule has 0 bridgehead atoms. The first kappa shape index (κ1) is 13.2. The molecule has 0 radical (unpaired) electrons. The Bertz CT molecular complexity index is 467. The van der Waals surface area contributed by atoms with Gasteiger partial charge in [-0.3, -0.25) is 9.59 Å². The van der Waals surface area contributed by atoms with Crippen molar-refractivity contribution in [2.24, 2.45) is 7.05 Å². The summed E-state index contributed by atoms with van der Waals surface area (Å²) in [6, 6.07) is 1.35. The Balaban J connectivity index is 2.71. The van der Waals surface area contributed by atoms with Gasteiger partial charge in [0.15, 0.2) is 5.75 Å². The van der Waals surface area contributed by atoms with E-state index in [1.165, 1.54) is 12.3 Å². The first-order valence-electron chi connectivity index (χ1n) is 5.19. The van der Waals surface area contributed by atoms with Gasteiger partial charge in [0.2, 0.25) is 5.43 Å². The standard InChI is InChI=1S/C11H16N2O4/c1-12(4-3-11(16)17)6-8-5-9(14)10(15)7-13(8)2/h5,7,15H,3-4,6H2,1-2H3,(H,16,17). The molecule has 6 nitrogen and oxygen atoms in total. The molecular formula is C11H16N2O4. The van der Waals surface area contributed by atoms with Gasteiger partial charge in [-0.1, -0.05) is 0 Å². The second-order valence-corrected chi connectivity index (χ2v) is 4.01. The molecule has 0 unspecified atom stereocenters. The molecule has 2 N–H and O–H groups in total. The predicted octanol–water partition coefficient (Wildman–Crippen LogP) is -0.00260. The Labute approximate surface area is 98.7 Å². The number of carboxylic acid groups (broad SMARTS) is 1. The number of carboxylic acids is 1. The zero-order valence-electron chi connectivity index (χ0n) is 9.88. The molecule has 1 rings (SSSR count). The molecule has 0 atom stereocenters. The quantitative estimate of drug-likeness (QED) is 0.756. The van der Waals surface area contributed by atoms with Crippen LogP contribution in [-0.4, -0.2) is 39.2 Å². The Morgan fingerprint density at radius 3 is 2.76 bits per heavy atom. The maximum absolute atomic E-state index is 11.3. The van der Waals surface area contributed by atoms with Crippen molar-refractivity contribution >= 4 is 5.97 Å². The molecule has 6 heteroatoms. The number of hydrogen-bond donors (Lipinski definition) is 2. The number of nitrogens with zero attached hydrogens (tertiary/aromatic N) is 2. The summed E-state index contributed by atoms with van der Waals surface area (Å²) in [5, 5.41) is 17.8. The number of hydrogen-bond acceptors (Lipinski definition) is 4. The second kappa shape index (κ2) is 5.49. The molecule has 0 aliphatic rings. The monoisotopic (exact) mass is 240 g/mol. The number of aliphatic carboxylic acids is 1. The van der Waals surface area contributed by atoms with Crippen molar-refractivity contribution in [3.8, 4) is 5.75 Å². The Hall–Kier alpha value is -1.82. The van der Waals surface area contributed by atoms with Gasteiger partial charge in [0.25, 0.3) is 0 Å². The lowest BCUT2D eigenvalue weighted by molar-refractivity contribution is -0.137. The SMILES string of the molecule is CN(CCC(=O)O)Cc1cc(=O)c(O)cn1C. The minimum atomic E-state index is -0.851. The van der Waals surface area contributed by atoms with Crippen LogP contribution in [-0.2, 0) is 18.4 Å². The van der Waals surface area contributed by atoms with Crippen LogP contribution in [0.15, 0.2) is 17.1 Å². The third-order valence-electron chi connectivity index (χ3n) is 2.46. The van der Waals surface area contributed by atoms with Gasteiger partial charge < -0.3 is 19.7 Å². The van der Waals surface area contributed by atoms with E-state index in [1.54, 1.807) is 23.6 Å². The van der Waals surface area contributed by atoms with Gasteiger partial charge >= 0.3 is 5.97 Å². The van der Waals surface area contributed by atoms with Crippen molar-refractivity contribution in [1.29, 1.82) is 0 Å². The lowest BCUT2D eigenvalue weighted by Gasteiger charge is -2.17. The van der Waals surface area contributed by atoms with Crippen molar-refractivity contribution < 1.29 is 15.0 Å². The van der Waals surface area contributed by atoms with E-state index in [9.17, 15) is 14.7 Å². The first-order chi connectivity index (χ1) is 7.90. The van der Waals surface area contributed by atoms with Crippen molar-refractivity contribution in [3.05, 3.63) is 28.2 Å². The molecule has 0 fully saturated rings. The van der Waals surface area contributed by atoms with Gasteiger partial charge in [-0.15, -0.1) is 0 Å². The third-order valence-corrected chi connectivity index (χ3v) is 2.46. The summed E-state index contributed by atoms with van der Waals surface area (Å²) in [6.07, 6.45) is 1.41. The van der Waals surface area contributed by atoms with Gasteiger partial charge in [-0.2, -0.15) is 0 Å². The number of carbonyl (C=O) groups is 1. The molecule has 0 aromatic carbocycles. The summed E-state index contributed by atoms with van der Waals surface area (Å²) in [5.41, 5.74) is 0.297. The molecule has 0 saturated carbocycles. The fraction of sp³-hybridized carbons (Fsp3) is 0.455. The molecule has 17 heavy (non-hydrogen) atoms. The second-order valence-electron chi connectivity index (χ2n) is 4.01. The van der Waals surface area contributed by atoms with E-state index in [2.05, 4.69) is 0 Å². The lowest BCUT2D eigenvalue weighted by atomic mass is 10.3. The van der Waals surface area contributed by atoms with Gasteiger partial charge in [0, 0.05) is 38.1 Å². The molecule has 0 saturated heterocycles. The molecule has 94 valence electrons. The highest BCUT2D eigenvalue weighted by Gasteiger charge is 2.07. The highest BCUT2D eigenvalue weighted by molar-refractivity contribution is 5.66. The van der Waals surface area contributed by atoms with Crippen LogP contribution in [0.4, 0.5) is 0 Å². The number of aromatic nitrogens is 1. The number of aryl methyl sites for hydroxylation is 1. The fourth-order valence-electron chi connectivity index (χ4n) is 1.46. The van der Waals surface area contributed by atoms with E-state index in [4.69, 9.17) is 5.11 Å². The van der Waals surface area contributed by atoms with Crippen LogP contribution in [0.25, 0.3) is 0 Å². The molecule has 1 heterocycles. The van der Waals surface area contributed by atoms with Crippen LogP contribution in [0.2, 0.25) is 0 Å². The fourth-order valence-corrected chi connectivity index (χ4v) is 1.46. The van der Waals surface area contributed by atoms with Crippen molar-refractivity contribution in [2.45, 2.75) is 13.0 Å². The maximum atomic E-state index is 11.3. The molecule has 0 aliphatic heterocycles. The zero-order valence-corrected chi connectivity index (χ0v) is 9.88. The average molecular weight is 240 g/mol. The molecule has 1 aromatic rings. The molecule has 0 aliphatic carbocycles. The van der Waals surface area contributed by atoms with Gasteiger partial charge in [0.1, 0.15) is 0 Å². The van der Waals surface area contributed by atoms with E-state index < -0.39 is 11.4 Å². The average Bonchev–Trinajstić information content (AvgIpc) is 2.23. The van der Waals surface area contributed by atoms with Crippen LogP contribution >= 0.6 is 0 Å². The van der Waals surface area contributed by atoms with Crippen LogP contribution in [0.3, 0.4) is 0 Å². The van der Waals surface area contributed by atoms with E-state index in [0.29, 0.717) is 13.1 Å². The van der Waals surface area contributed by atoms with Crippen LogP contribution in [0.5, 0.6) is 5.75 Å². The topological polar surface area (TPSA) is 82.8 Å². The first-order valence-corrected chi connectivity index (χ1v) is 5.19.